The van der Waals surface area contributed by atoms with E-state index in [4.69, 9.17) is 9.52 Å². The van der Waals surface area contributed by atoms with Crippen molar-refractivity contribution in [2.45, 2.75) is 12.8 Å². The lowest BCUT2D eigenvalue weighted by molar-refractivity contribution is -0.137. The summed E-state index contributed by atoms with van der Waals surface area (Å²) < 4.78 is 41.8. The van der Waals surface area contributed by atoms with Gasteiger partial charge in [0.25, 0.3) is 0 Å². The second-order valence-electron chi connectivity index (χ2n) is 3.36. The van der Waals surface area contributed by atoms with Crippen LogP contribution in [-0.2, 0) is 12.8 Å². The van der Waals surface area contributed by atoms with Gasteiger partial charge >= 0.3 is 6.18 Å². The van der Waals surface area contributed by atoms with Gasteiger partial charge in [0, 0.05) is 5.56 Å². The molecule has 3 nitrogen and oxygen atoms in total. The minimum atomic E-state index is -4.35. The van der Waals surface area contributed by atoms with Crippen LogP contribution in [0.5, 0.6) is 0 Å². The molecule has 0 aliphatic rings. The van der Waals surface area contributed by atoms with Gasteiger partial charge in [-0.2, -0.15) is 13.2 Å². The van der Waals surface area contributed by atoms with Gasteiger partial charge in [-0.05, 0) is 12.1 Å². The summed E-state index contributed by atoms with van der Waals surface area (Å²) in [5, 5.41) is 8.74. The van der Waals surface area contributed by atoms with Crippen molar-refractivity contribution in [1.82, 2.24) is 4.98 Å². The van der Waals surface area contributed by atoms with Crippen LogP contribution in [0.2, 0.25) is 0 Å². The first-order valence-corrected chi connectivity index (χ1v) is 4.73. The molecule has 0 atom stereocenters. The molecule has 2 aromatic rings. The summed E-state index contributed by atoms with van der Waals surface area (Å²) in [5.41, 5.74) is 0.177. The van der Waals surface area contributed by atoms with Crippen LogP contribution in [0.4, 0.5) is 13.2 Å². The fourth-order valence-corrected chi connectivity index (χ4v) is 1.35. The van der Waals surface area contributed by atoms with E-state index in [1.54, 1.807) is 0 Å². The minimum Gasteiger partial charge on any atom is -0.446 e. The summed E-state index contributed by atoms with van der Waals surface area (Å²) in [5.74, 6) is 0.125. The van der Waals surface area contributed by atoms with Crippen molar-refractivity contribution in [1.29, 1.82) is 0 Å². The predicted molar refractivity (Wildman–Crippen MR) is 52.9 cm³/mol. The maximum atomic E-state index is 12.3. The van der Waals surface area contributed by atoms with Crippen molar-refractivity contribution in [3.05, 3.63) is 42.0 Å². The zero-order chi connectivity index (χ0) is 12.5. The Morgan fingerprint density at radius 1 is 1.18 bits per heavy atom. The van der Waals surface area contributed by atoms with E-state index in [1.807, 2.05) is 0 Å². The molecule has 0 saturated heterocycles. The van der Waals surface area contributed by atoms with Gasteiger partial charge in [-0.1, -0.05) is 12.1 Å². The highest BCUT2D eigenvalue weighted by Crippen LogP contribution is 2.30. The minimum absolute atomic E-state index is 0.125. The van der Waals surface area contributed by atoms with Crippen LogP contribution in [-0.4, -0.2) is 10.1 Å². The van der Waals surface area contributed by atoms with Crippen LogP contribution >= 0.6 is 0 Å². The first kappa shape index (κ1) is 11.7. The van der Waals surface area contributed by atoms with Crippen molar-refractivity contribution in [3.63, 3.8) is 0 Å². The average Bonchev–Trinajstić information content (AvgIpc) is 2.76. The molecule has 17 heavy (non-hydrogen) atoms. The van der Waals surface area contributed by atoms with Crippen molar-refractivity contribution in [2.24, 2.45) is 0 Å². The van der Waals surface area contributed by atoms with Crippen molar-refractivity contribution >= 4 is 0 Å². The number of hydrogen-bond acceptors (Lipinski definition) is 3. The second-order valence-corrected chi connectivity index (χ2v) is 3.36. The van der Waals surface area contributed by atoms with Crippen LogP contribution in [0, 0.1) is 0 Å². The van der Waals surface area contributed by atoms with Gasteiger partial charge < -0.3 is 9.52 Å². The van der Waals surface area contributed by atoms with Crippen molar-refractivity contribution < 1.29 is 22.7 Å². The van der Waals surface area contributed by atoms with E-state index in [0.717, 1.165) is 12.1 Å². The number of oxazole rings is 1. The number of alkyl halides is 3. The second kappa shape index (κ2) is 4.21. The number of hydrogen-bond donors (Lipinski definition) is 1. The standard InChI is InChI=1S/C11H8F3NO2/c12-11(13,14)8-3-1-7(2-4-8)9-6-17-10(5-16)15-9/h1-4,6,16H,5H2. The number of halogens is 3. The zero-order valence-corrected chi connectivity index (χ0v) is 8.53. The Balaban J connectivity index is 2.29. The Bertz CT molecular complexity index is 502. The lowest BCUT2D eigenvalue weighted by atomic mass is 10.1. The van der Waals surface area contributed by atoms with E-state index < -0.39 is 11.7 Å². The van der Waals surface area contributed by atoms with Gasteiger partial charge in [-0.25, -0.2) is 4.98 Å². The molecule has 0 unspecified atom stereocenters. The summed E-state index contributed by atoms with van der Waals surface area (Å²) in [4.78, 5) is 3.89. The Kier molecular flexibility index (Phi) is 2.89. The fourth-order valence-electron chi connectivity index (χ4n) is 1.35. The molecule has 1 aromatic carbocycles. The molecule has 6 heteroatoms. The zero-order valence-electron chi connectivity index (χ0n) is 8.53. The van der Waals surface area contributed by atoms with Crippen LogP contribution in [0.15, 0.2) is 34.9 Å². The molecule has 1 heterocycles. The van der Waals surface area contributed by atoms with Crippen LogP contribution in [0.25, 0.3) is 11.3 Å². The molecule has 1 N–H and O–H groups in total. The highest BCUT2D eigenvalue weighted by molar-refractivity contribution is 5.58. The van der Waals surface area contributed by atoms with E-state index in [9.17, 15) is 13.2 Å². The molecule has 0 aliphatic heterocycles. The van der Waals surface area contributed by atoms with Gasteiger partial charge in [0.05, 0.1) is 5.56 Å². The topological polar surface area (TPSA) is 46.3 Å². The first-order valence-electron chi connectivity index (χ1n) is 4.73. The number of nitrogens with zero attached hydrogens (tertiary/aromatic N) is 1. The van der Waals surface area contributed by atoms with E-state index in [1.165, 1.54) is 18.4 Å². The molecule has 2 rings (SSSR count). The Morgan fingerprint density at radius 2 is 1.82 bits per heavy atom. The average molecular weight is 243 g/mol. The molecule has 0 bridgehead atoms. The highest BCUT2D eigenvalue weighted by atomic mass is 19.4. The van der Waals surface area contributed by atoms with Gasteiger partial charge in [-0.15, -0.1) is 0 Å². The van der Waals surface area contributed by atoms with Crippen molar-refractivity contribution in [3.8, 4) is 11.3 Å². The Labute approximate surface area is 94.5 Å². The smallest absolute Gasteiger partial charge is 0.416 e. The molecule has 0 fully saturated rings. The van der Waals surface area contributed by atoms with Gasteiger partial charge in [-0.3, -0.25) is 0 Å². The summed E-state index contributed by atoms with van der Waals surface area (Å²) in [6.07, 6.45) is -3.06. The van der Waals surface area contributed by atoms with E-state index in [0.29, 0.717) is 11.3 Å². The third kappa shape index (κ3) is 2.47. The molecule has 1 aromatic heterocycles. The SMILES string of the molecule is OCc1nc(-c2ccc(C(F)(F)F)cc2)co1. The van der Waals surface area contributed by atoms with Gasteiger partial charge in [0.1, 0.15) is 18.6 Å². The predicted octanol–water partition coefficient (Wildman–Crippen LogP) is 2.85. The molecule has 0 amide bonds. The van der Waals surface area contributed by atoms with Crippen molar-refractivity contribution in [2.75, 3.05) is 0 Å². The van der Waals surface area contributed by atoms with E-state index >= 15 is 0 Å². The largest absolute Gasteiger partial charge is 0.446 e. The molecule has 0 radical (unpaired) electrons. The van der Waals surface area contributed by atoms with Gasteiger partial charge in [0.2, 0.25) is 5.89 Å². The summed E-state index contributed by atoms with van der Waals surface area (Å²) >= 11 is 0. The molecular weight excluding hydrogens is 235 g/mol. The summed E-state index contributed by atoms with van der Waals surface area (Å²) in [7, 11) is 0. The Hall–Kier alpha value is -1.82. The summed E-state index contributed by atoms with van der Waals surface area (Å²) in [6, 6.07) is 4.56. The van der Waals surface area contributed by atoms with Crippen LogP contribution < -0.4 is 0 Å². The van der Waals surface area contributed by atoms with E-state index in [2.05, 4.69) is 4.98 Å². The van der Waals surface area contributed by atoms with E-state index in [-0.39, 0.29) is 12.5 Å². The third-order valence-corrected chi connectivity index (χ3v) is 2.19. The number of aliphatic hydroxyl groups excluding tert-OH is 1. The quantitative estimate of drug-likeness (QED) is 0.882. The molecule has 0 aliphatic carbocycles. The fraction of sp³-hybridized carbons (Fsp3) is 0.182. The summed E-state index contributed by atoms with van der Waals surface area (Å²) in [6.45, 7) is -0.347. The lowest BCUT2D eigenvalue weighted by Crippen LogP contribution is -2.03. The Morgan fingerprint density at radius 3 is 2.29 bits per heavy atom. The first-order chi connectivity index (χ1) is 8.00. The molecule has 0 saturated carbocycles. The molecule has 0 spiro atoms. The monoisotopic (exact) mass is 243 g/mol. The molecule has 90 valence electrons. The lowest BCUT2D eigenvalue weighted by Gasteiger charge is -2.06. The number of rotatable bonds is 2. The van der Waals surface area contributed by atoms with Crippen LogP contribution in [0.3, 0.4) is 0 Å². The maximum Gasteiger partial charge on any atom is 0.416 e. The third-order valence-electron chi connectivity index (χ3n) is 2.19. The highest BCUT2D eigenvalue weighted by Gasteiger charge is 2.30. The number of aromatic nitrogens is 1. The number of benzene rings is 1. The maximum absolute atomic E-state index is 12.3. The normalized spacial score (nSPS) is 11.8. The van der Waals surface area contributed by atoms with Gasteiger partial charge in [0.15, 0.2) is 0 Å². The number of aliphatic hydroxyl groups is 1. The molecular formula is C11H8F3NO2. The van der Waals surface area contributed by atoms with Crippen LogP contribution in [0.1, 0.15) is 11.5 Å².